The maximum absolute atomic E-state index is 12.4. The van der Waals surface area contributed by atoms with Crippen molar-refractivity contribution in [2.75, 3.05) is 19.8 Å². The SMILES string of the molecule is Cc1cc(C(=O)N(CCO)C(C)C)sc1C#CCCO. The van der Waals surface area contributed by atoms with Crippen LogP contribution in [0.1, 0.15) is 40.4 Å². The van der Waals surface area contributed by atoms with Gasteiger partial charge in [0, 0.05) is 19.0 Å². The van der Waals surface area contributed by atoms with E-state index in [2.05, 4.69) is 11.8 Å². The fourth-order valence-corrected chi connectivity index (χ4v) is 2.76. The minimum Gasteiger partial charge on any atom is -0.395 e. The lowest BCUT2D eigenvalue weighted by Gasteiger charge is -2.25. The van der Waals surface area contributed by atoms with E-state index in [1.807, 2.05) is 26.8 Å². The summed E-state index contributed by atoms with van der Waals surface area (Å²) in [4.78, 5) is 15.6. The molecule has 2 N–H and O–H groups in total. The molecule has 4 nitrogen and oxygen atoms in total. The Kier molecular flexibility index (Phi) is 6.73. The molecule has 0 radical (unpaired) electrons. The lowest BCUT2D eigenvalue weighted by molar-refractivity contribution is 0.0670. The van der Waals surface area contributed by atoms with Crippen LogP contribution in [-0.4, -0.2) is 46.8 Å². The van der Waals surface area contributed by atoms with Gasteiger partial charge >= 0.3 is 0 Å². The molecule has 0 bridgehead atoms. The molecule has 0 aliphatic rings. The van der Waals surface area contributed by atoms with Crippen molar-refractivity contribution >= 4 is 17.2 Å². The van der Waals surface area contributed by atoms with Crippen molar-refractivity contribution in [3.63, 3.8) is 0 Å². The molecule has 0 saturated heterocycles. The van der Waals surface area contributed by atoms with Gasteiger partial charge in [0.2, 0.25) is 0 Å². The molecule has 1 heterocycles. The Balaban J connectivity index is 2.94. The number of aliphatic hydroxyl groups is 2. The lowest BCUT2D eigenvalue weighted by atomic mass is 10.2. The molecular weight excluding hydrogens is 274 g/mol. The van der Waals surface area contributed by atoms with E-state index in [9.17, 15) is 4.79 Å². The van der Waals surface area contributed by atoms with Crippen molar-refractivity contribution in [1.29, 1.82) is 0 Å². The summed E-state index contributed by atoms with van der Waals surface area (Å²) in [6, 6.07) is 1.88. The molecule has 0 saturated carbocycles. The topological polar surface area (TPSA) is 60.8 Å². The van der Waals surface area contributed by atoms with Crippen molar-refractivity contribution < 1.29 is 15.0 Å². The van der Waals surface area contributed by atoms with Gasteiger partial charge in [-0.3, -0.25) is 4.79 Å². The van der Waals surface area contributed by atoms with Crippen molar-refractivity contribution in [3.8, 4) is 11.8 Å². The maximum atomic E-state index is 12.4. The predicted octanol–water partition coefficient (Wildman–Crippen LogP) is 1.63. The normalized spacial score (nSPS) is 10.3. The molecule has 0 fully saturated rings. The van der Waals surface area contributed by atoms with E-state index in [1.54, 1.807) is 4.90 Å². The predicted molar refractivity (Wildman–Crippen MR) is 80.9 cm³/mol. The van der Waals surface area contributed by atoms with Crippen molar-refractivity contribution in [2.24, 2.45) is 0 Å². The Morgan fingerprint density at radius 1 is 1.40 bits per heavy atom. The standard InChI is InChI=1S/C15H21NO3S/c1-11(2)16(7-9-18)15(19)14-10-12(3)13(20-14)6-4-5-8-17/h10-11,17-18H,5,7-9H2,1-3H3. The van der Waals surface area contributed by atoms with Gasteiger partial charge in [-0.25, -0.2) is 0 Å². The molecule has 0 unspecified atom stereocenters. The summed E-state index contributed by atoms with van der Waals surface area (Å²) < 4.78 is 0. The zero-order valence-electron chi connectivity index (χ0n) is 12.1. The monoisotopic (exact) mass is 295 g/mol. The number of rotatable bonds is 5. The molecule has 0 spiro atoms. The van der Waals surface area contributed by atoms with Crippen LogP contribution in [0, 0.1) is 18.8 Å². The first kappa shape index (κ1) is 16.7. The number of amides is 1. The van der Waals surface area contributed by atoms with Crippen LogP contribution in [0.2, 0.25) is 0 Å². The number of carbonyl (C=O) groups is 1. The first-order chi connectivity index (χ1) is 9.51. The summed E-state index contributed by atoms with van der Waals surface area (Å²) in [7, 11) is 0. The van der Waals surface area contributed by atoms with Gasteiger partial charge in [0.1, 0.15) is 0 Å². The van der Waals surface area contributed by atoms with Crippen molar-refractivity contribution in [3.05, 3.63) is 21.4 Å². The van der Waals surface area contributed by atoms with Gasteiger partial charge in [-0.05, 0) is 32.4 Å². The van der Waals surface area contributed by atoms with E-state index in [4.69, 9.17) is 10.2 Å². The number of hydrogen-bond acceptors (Lipinski definition) is 4. The number of aryl methyl sites for hydroxylation is 1. The molecule has 1 amide bonds. The highest BCUT2D eigenvalue weighted by Crippen LogP contribution is 2.23. The first-order valence-electron chi connectivity index (χ1n) is 6.63. The van der Waals surface area contributed by atoms with Crippen LogP contribution in [0.15, 0.2) is 6.07 Å². The Morgan fingerprint density at radius 2 is 2.10 bits per heavy atom. The van der Waals surface area contributed by atoms with Gasteiger partial charge in [-0.1, -0.05) is 11.8 Å². The minimum atomic E-state index is -0.0719. The molecular formula is C15H21NO3S. The number of nitrogens with zero attached hydrogens (tertiary/aromatic N) is 1. The average molecular weight is 295 g/mol. The van der Waals surface area contributed by atoms with Crippen molar-refractivity contribution in [1.82, 2.24) is 4.90 Å². The van der Waals surface area contributed by atoms with E-state index in [0.29, 0.717) is 17.8 Å². The second-order valence-corrected chi connectivity index (χ2v) is 5.77. The van der Waals surface area contributed by atoms with Gasteiger partial charge in [0.25, 0.3) is 5.91 Å². The van der Waals surface area contributed by atoms with Gasteiger partial charge in [-0.15, -0.1) is 11.3 Å². The Bertz CT molecular complexity index is 511. The highest BCUT2D eigenvalue weighted by atomic mass is 32.1. The molecule has 0 aromatic carbocycles. The number of carbonyl (C=O) groups excluding carboxylic acids is 1. The third-order valence-electron chi connectivity index (χ3n) is 2.79. The first-order valence-corrected chi connectivity index (χ1v) is 7.44. The molecule has 1 rings (SSSR count). The largest absolute Gasteiger partial charge is 0.395 e. The zero-order valence-corrected chi connectivity index (χ0v) is 13.0. The summed E-state index contributed by atoms with van der Waals surface area (Å²) in [5, 5.41) is 17.8. The highest BCUT2D eigenvalue weighted by Gasteiger charge is 2.20. The Labute approximate surface area is 124 Å². The third-order valence-corrected chi connectivity index (χ3v) is 3.93. The molecule has 110 valence electrons. The zero-order chi connectivity index (χ0) is 15.1. The van der Waals surface area contributed by atoms with Crippen LogP contribution in [0.5, 0.6) is 0 Å². The second kappa shape index (κ2) is 8.05. The number of aliphatic hydroxyl groups excluding tert-OH is 2. The molecule has 20 heavy (non-hydrogen) atoms. The summed E-state index contributed by atoms with van der Waals surface area (Å²) in [6.45, 7) is 6.10. The molecule has 0 aliphatic heterocycles. The van der Waals surface area contributed by atoms with Crippen LogP contribution in [0.25, 0.3) is 0 Å². The van der Waals surface area contributed by atoms with E-state index in [-0.39, 0.29) is 25.2 Å². The summed E-state index contributed by atoms with van der Waals surface area (Å²) >= 11 is 1.36. The van der Waals surface area contributed by atoms with Crippen LogP contribution in [0.3, 0.4) is 0 Å². The van der Waals surface area contributed by atoms with Gasteiger partial charge < -0.3 is 15.1 Å². The van der Waals surface area contributed by atoms with E-state index >= 15 is 0 Å². The lowest BCUT2D eigenvalue weighted by Crippen LogP contribution is -2.38. The van der Waals surface area contributed by atoms with Gasteiger partial charge in [0.05, 0.1) is 23.0 Å². The van der Waals surface area contributed by atoms with E-state index in [1.165, 1.54) is 11.3 Å². The van der Waals surface area contributed by atoms with Crippen LogP contribution in [0.4, 0.5) is 0 Å². The molecule has 1 aromatic rings. The molecule has 0 aliphatic carbocycles. The Morgan fingerprint density at radius 3 is 2.65 bits per heavy atom. The fraction of sp³-hybridized carbons (Fsp3) is 0.533. The maximum Gasteiger partial charge on any atom is 0.264 e. The molecule has 0 atom stereocenters. The molecule has 1 aromatic heterocycles. The average Bonchev–Trinajstić information content (AvgIpc) is 2.77. The fourth-order valence-electron chi connectivity index (χ4n) is 1.75. The highest BCUT2D eigenvalue weighted by molar-refractivity contribution is 7.14. The summed E-state index contributed by atoms with van der Waals surface area (Å²) in [6.07, 6.45) is 0.434. The van der Waals surface area contributed by atoms with E-state index in [0.717, 1.165) is 10.4 Å². The number of hydrogen-bond donors (Lipinski definition) is 2. The minimum absolute atomic E-state index is 0.0425. The van der Waals surface area contributed by atoms with Gasteiger partial charge in [0.15, 0.2) is 0 Å². The van der Waals surface area contributed by atoms with Crippen molar-refractivity contribution in [2.45, 2.75) is 33.2 Å². The molecule has 5 heteroatoms. The Hall–Kier alpha value is -1.35. The smallest absolute Gasteiger partial charge is 0.264 e. The second-order valence-electron chi connectivity index (χ2n) is 4.71. The van der Waals surface area contributed by atoms with Crippen LogP contribution >= 0.6 is 11.3 Å². The quantitative estimate of drug-likeness (QED) is 0.812. The third kappa shape index (κ3) is 4.34. The van der Waals surface area contributed by atoms with Gasteiger partial charge in [-0.2, -0.15) is 0 Å². The number of thiophene rings is 1. The summed E-state index contributed by atoms with van der Waals surface area (Å²) in [5.41, 5.74) is 0.969. The van der Waals surface area contributed by atoms with Crippen LogP contribution < -0.4 is 0 Å². The summed E-state index contributed by atoms with van der Waals surface area (Å²) in [5.74, 6) is 5.77. The van der Waals surface area contributed by atoms with E-state index < -0.39 is 0 Å². The van der Waals surface area contributed by atoms with Crippen LogP contribution in [-0.2, 0) is 0 Å².